The van der Waals surface area contributed by atoms with Gasteiger partial charge in [-0.1, -0.05) is 29.1 Å². The van der Waals surface area contributed by atoms with E-state index in [1.54, 1.807) is 12.1 Å². The van der Waals surface area contributed by atoms with Gasteiger partial charge in [-0.05, 0) is 17.7 Å². The van der Waals surface area contributed by atoms with Crippen LogP contribution in [0, 0.1) is 23.2 Å². The fourth-order valence-corrected chi connectivity index (χ4v) is 0.949. The minimum Gasteiger partial charge on any atom is -0.411 e. The Bertz CT molecular complexity index is 433. The Morgan fingerprint density at radius 3 is 3.07 bits per heavy atom. The van der Waals surface area contributed by atoms with Crippen molar-refractivity contribution in [2.45, 2.75) is 6.42 Å². The summed E-state index contributed by atoms with van der Waals surface area (Å²) in [5.74, 6) is 5.53. The van der Waals surface area contributed by atoms with Crippen LogP contribution < -0.4 is 0 Å². The Balaban J connectivity index is 2.86. The second-order valence-electron chi connectivity index (χ2n) is 2.51. The molecule has 0 amide bonds. The van der Waals surface area contributed by atoms with Crippen LogP contribution in [0.15, 0.2) is 29.4 Å². The fourth-order valence-electron chi connectivity index (χ4n) is 0.949. The molecule has 0 spiro atoms. The molecule has 0 aliphatic rings. The molecule has 0 radical (unpaired) electrons. The Labute approximate surface area is 82.3 Å². The lowest BCUT2D eigenvalue weighted by Crippen LogP contribution is -1.82. The van der Waals surface area contributed by atoms with E-state index in [1.165, 1.54) is 6.21 Å². The molecule has 0 heterocycles. The van der Waals surface area contributed by atoms with Gasteiger partial charge in [0.2, 0.25) is 0 Å². The lowest BCUT2D eigenvalue weighted by atomic mass is 10.1. The highest BCUT2D eigenvalue weighted by atomic mass is 16.4. The molecule has 0 unspecified atom stereocenters. The number of hydrogen-bond acceptors (Lipinski definition) is 3. The van der Waals surface area contributed by atoms with E-state index in [4.69, 9.17) is 10.5 Å². The Kier molecular flexibility index (Phi) is 3.79. The van der Waals surface area contributed by atoms with Crippen molar-refractivity contribution in [1.29, 1.82) is 5.26 Å². The van der Waals surface area contributed by atoms with Crippen molar-refractivity contribution >= 4 is 6.21 Å². The van der Waals surface area contributed by atoms with Crippen LogP contribution in [-0.4, -0.2) is 11.4 Å². The first kappa shape index (κ1) is 9.83. The van der Waals surface area contributed by atoms with Crippen molar-refractivity contribution in [2.24, 2.45) is 5.16 Å². The van der Waals surface area contributed by atoms with E-state index in [-0.39, 0.29) is 6.42 Å². The number of benzene rings is 1. The minimum absolute atomic E-state index is 0.221. The van der Waals surface area contributed by atoms with Crippen LogP contribution in [0.3, 0.4) is 0 Å². The lowest BCUT2D eigenvalue weighted by molar-refractivity contribution is 0.322. The zero-order chi connectivity index (χ0) is 10.2. The van der Waals surface area contributed by atoms with Crippen molar-refractivity contribution in [3.05, 3.63) is 35.4 Å². The Hall–Kier alpha value is -2.26. The Morgan fingerprint density at radius 1 is 1.50 bits per heavy atom. The van der Waals surface area contributed by atoms with Gasteiger partial charge in [-0.2, -0.15) is 5.26 Å². The Morgan fingerprint density at radius 2 is 2.36 bits per heavy atom. The van der Waals surface area contributed by atoms with Crippen molar-refractivity contribution in [2.75, 3.05) is 0 Å². The summed E-state index contributed by atoms with van der Waals surface area (Å²) in [6, 6.07) is 9.17. The third-order valence-corrected chi connectivity index (χ3v) is 1.49. The number of oxime groups is 1. The summed E-state index contributed by atoms with van der Waals surface area (Å²) in [6.45, 7) is 0. The van der Waals surface area contributed by atoms with Crippen LogP contribution in [0.2, 0.25) is 0 Å². The molecule has 1 aromatic rings. The molecule has 1 rings (SSSR count). The van der Waals surface area contributed by atoms with Gasteiger partial charge >= 0.3 is 0 Å². The summed E-state index contributed by atoms with van der Waals surface area (Å²) in [7, 11) is 0. The average molecular weight is 184 g/mol. The van der Waals surface area contributed by atoms with Crippen LogP contribution in [0.5, 0.6) is 0 Å². The molecule has 0 bridgehead atoms. The summed E-state index contributed by atoms with van der Waals surface area (Å²) in [6.07, 6.45) is 1.55. The van der Waals surface area contributed by atoms with E-state index in [0.717, 1.165) is 11.1 Å². The SMILES string of the molecule is N#CCC#Cc1cccc(C=NO)c1. The van der Waals surface area contributed by atoms with Gasteiger partial charge in [-0.25, -0.2) is 0 Å². The second-order valence-corrected chi connectivity index (χ2v) is 2.51. The standard InChI is InChI=1S/C11H8N2O/c12-7-2-1-4-10-5-3-6-11(8-10)9-13-14/h3,5-6,8-9,14H,2H2. The maximum Gasteiger partial charge on any atom is 0.0966 e. The molecule has 1 N–H and O–H groups in total. The smallest absolute Gasteiger partial charge is 0.0966 e. The molecule has 68 valence electrons. The van der Waals surface area contributed by atoms with Gasteiger partial charge in [0.1, 0.15) is 0 Å². The number of nitriles is 1. The molecule has 0 aromatic heterocycles. The monoisotopic (exact) mass is 184 g/mol. The van der Waals surface area contributed by atoms with Crippen LogP contribution >= 0.6 is 0 Å². The predicted molar refractivity (Wildman–Crippen MR) is 52.9 cm³/mol. The van der Waals surface area contributed by atoms with Crippen molar-refractivity contribution in [3.63, 3.8) is 0 Å². The maximum atomic E-state index is 8.32. The van der Waals surface area contributed by atoms with E-state index >= 15 is 0 Å². The molecule has 3 heteroatoms. The maximum absolute atomic E-state index is 8.32. The van der Waals surface area contributed by atoms with Gasteiger partial charge in [0.05, 0.1) is 18.7 Å². The summed E-state index contributed by atoms with van der Waals surface area (Å²) in [5.41, 5.74) is 1.58. The third-order valence-electron chi connectivity index (χ3n) is 1.49. The summed E-state index contributed by atoms with van der Waals surface area (Å²) >= 11 is 0. The van der Waals surface area contributed by atoms with Gasteiger partial charge < -0.3 is 5.21 Å². The molecule has 1 aromatic carbocycles. The largest absolute Gasteiger partial charge is 0.411 e. The molecule has 3 nitrogen and oxygen atoms in total. The van der Waals surface area contributed by atoms with Crippen molar-refractivity contribution in [1.82, 2.24) is 0 Å². The van der Waals surface area contributed by atoms with E-state index in [0.29, 0.717) is 0 Å². The van der Waals surface area contributed by atoms with E-state index in [1.807, 2.05) is 18.2 Å². The highest BCUT2D eigenvalue weighted by molar-refractivity contribution is 5.79. The van der Waals surface area contributed by atoms with E-state index in [2.05, 4.69) is 17.0 Å². The quantitative estimate of drug-likeness (QED) is 0.313. The minimum atomic E-state index is 0.221. The average Bonchev–Trinajstić information content (AvgIpc) is 2.19. The molecule has 0 fully saturated rings. The molecule has 0 saturated heterocycles. The van der Waals surface area contributed by atoms with Gasteiger partial charge in [-0.3, -0.25) is 0 Å². The van der Waals surface area contributed by atoms with Gasteiger partial charge in [0.25, 0.3) is 0 Å². The number of hydrogen-bond donors (Lipinski definition) is 1. The third kappa shape index (κ3) is 3.00. The molecule has 14 heavy (non-hydrogen) atoms. The first-order chi connectivity index (χ1) is 6.86. The van der Waals surface area contributed by atoms with Crippen LogP contribution in [-0.2, 0) is 0 Å². The zero-order valence-corrected chi connectivity index (χ0v) is 7.44. The van der Waals surface area contributed by atoms with E-state index < -0.39 is 0 Å². The van der Waals surface area contributed by atoms with Gasteiger partial charge in [0.15, 0.2) is 0 Å². The highest BCUT2D eigenvalue weighted by Crippen LogP contribution is 2.01. The molecule has 0 saturated carbocycles. The first-order valence-corrected chi connectivity index (χ1v) is 4.00. The summed E-state index contributed by atoms with van der Waals surface area (Å²) < 4.78 is 0. The normalized spacial score (nSPS) is 9.07. The second kappa shape index (κ2) is 5.40. The topological polar surface area (TPSA) is 56.4 Å². The van der Waals surface area contributed by atoms with E-state index in [9.17, 15) is 0 Å². The van der Waals surface area contributed by atoms with Gasteiger partial charge in [0, 0.05) is 5.56 Å². The molecule has 0 atom stereocenters. The first-order valence-electron chi connectivity index (χ1n) is 4.00. The van der Waals surface area contributed by atoms with Crippen molar-refractivity contribution in [3.8, 4) is 17.9 Å². The molecular formula is C11H8N2O. The summed E-state index contributed by atoms with van der Waals surface area (Å²) in [4.78, 5) is 0. The summed E-state index contributed by atoms with van der Waals surface area (Å²) in [5, 5.41) is 19.5. The van der Waals surface area contributed by atoms with Crippen LogP contribution in [0.4, 0.5) is 0 Å². The molecule has 0 aliphatic carbocycles. The van der Waals surface area contributed by atoms with Crippen LogP contribution in [0.25, 0.3) is 0 Å². The molecular weight excluding hydrogens is 176 g/mol. The highest BCUT2D eigenvalue weighted by Gasteiger charge is 1.89. The predicted octanol–water partition coefficient (Wildman–Crippen LogP) is 1.76. The van der Waals surface area contributed by atoms with Gasteiger partial charge in [-0.15, -0.1) is 0 Å². The lowest BCUT2D eigenvalue weighted by Gasteiger charge is -1.92. The fraction of sp³-hybridized carbons (Fsp3) is 0.0909. The van der Waals surface area contributed by atoms with Crippen LogP contribution in [0.1, 0.15) is 17.5 Å². The van der Waals surface area contributed by atoms with Crippen molar-refractivity contribution < 1.29 is 5.21 Å². The molecule has 0 aliphatic heterocycles. The zero-order valence-electron chi connectivity index (χ0n) is 7.44. The number of nitrogens with zero attached hydrogens (tertiary/aromatic N) is 2. The number of rotatable bonds is 1.